The van der Waals surface area contributed by atoms with Crippen LogP contribution in [0.3, 0.4) is 0 Å². The van der Waals surface area contributed by atoms with E-state index in [0.29, 0.717) is 12.8 Å². The molecule has 0 rings (SSSR count). The number of esters is 2. The molecule has 0 aromatic carbocycles. The summed E-state index contributed by atoms with van der Waals surface area (Å²) in [4.78, 5) is 35.3. The van der Waals surface area contributed by atoms with E-state index in [4.69, 9.17) is 24.3 Å². The van der Waals surface area contributed by atoms with Crippen molar-refractivity contribution in [2.45, 2.75) is 354 Å². The molecule has 0 saturated heterocycles. The molecule has 0 aromatic heterocycles. The number of hydrogen-bond donors (Lipinski definition) is 2. The average Bonchev–Trinajstić information content (AvgIpc) is 3.52. The van der Waals surface area contributed by atoms with Gasteiger partial charge in [0.2, 0.25) is 0 Å². The molecule has 0 saturated carbocycles. The molecule has 494 valence electrons. The number of carbonyl (C=O) groups is 2. The maximum atomic E-state index is 12.7. The molecule has 2 unspecified atom stereocenters. The van der Waals surface area contributed by atoms with Crippen LogP contribution in [0, 0.1) is 0 Å². The molecule has 0 aliphatic heterocycles. The molecule has 0 aliphatic rings. The molecular formula is C75H136NO8P. The van der Waals surface area contributed by atoms with Gasteiger partial charge in [0.05, 0.1) is 13.2 Å². The van der Waals surface area contributed by atoms with Gasteiger partial charge in [0.25, 0.3) is 0 Å². The molecular weight excluding hydrogens is 1070 g/mol. The Bertz CT molecular complexity index is 1670. The van der Waals surface area contributed by atoms with Gasteiger partial charge in [-0.05, 0) is 64.2 Å². The Labute approximate surface area is 525 Å². The summed E-state index contributed by atoms with van der Waals surface area (Å²) in [5, 5.41) is 0. The molecule has 0 radical (unpaired) electrons. The summed E-state index contributed by atoms with van der Waals surface area (Å²) in [6, 6.07) is 0. The van der Waals surface area contributed by atoms with Crippen molar-refractivity contribution in [3.05, 3.63) is 85.1 Å². The monoisotopic (exact) mass is 1210 g/mol. The molecule has 85 heavy (non-hydrogen) atoms. The van der Waals surface area contributed by atoms with Crippen LogP contribution in [0.25, 0.3) is 0 Å². The van der Waals surface area contributed by atoms with Crippen LogP contribution in [-0.4, -0.2) is 49.3 Å². The number of hydrogen-bond acceptors (Lipinski definition) is 8. The van der Waals surface area contributed by atoms with Crippen molar-refractivity contribution in [3.63, 3.8) is 0 Å². The third-order valence-electron chi connectivity index (χ3n) is 15.8. The van der Waals surface area contributed by atoms with E-state index in [1.807, 2.05) is 6.08 Å². The van der Waals surface area contributed by atoms with E-state index in [9.17, 15) is 19.0 Å². The lowest BCUT2D eigenvalue weighted by atomic mass is 10.0. The Kier molecular flexibility index (Phi) is 68.0. The first-order valence-corrected chi connectivity index (χ1v) is 37.6. The standard InChI is InChI=1S/C75H136NO8P/c1-3-5-7-9-11-13-15-17-19-21-23-25-27-28-29-30-31-32-33-34-35-36-37-38-39-40-41-42-43-44-46-47-49-51-53-55-57-59-61-63-65-67-74(77)81-71-73(72-83-85(79,80)82-70-69-76)84-75(78)68-66-64-62-60-58-56-54-52-50-48-45-26-24-22-20-18-16-14-12-10-8-6-4-2/h6,8,12,14,18,20,24,26,48,50,54,56,60,62,73H,3-5,7,9-11,13,15-17,19,21-23,25,27-47,49,51-53,55,57-59,61,63-72,76H2,1-2H3,(H,79,80)/b8-6-,14-12-,20-18-,26-24-,50-48-,56-54-,62-60-. The van der Waals surface area contributed by atoms with E-state index in [2.05, 4.69) is 92.8 Å². The first-order valence-electron chi connectivity index (χ1n) is 36.1. The number of carbonyl (C=O) groups excluding carboxylic acids is 2. The fourth-order valence-corrected chi connectivity index (χ4v) is 11.3. The van der Waals surface area contributed by atoms with Gasteiger partial charge >= 0.3 is 19.8 Å². The van der Waals surface area contributed by atoms with Crippen molar-refractivity contribution in [3.8, 4) is 0 Å². The number of phosphoric ester groups is 1. The minimum atomic E-state index is -4.41. The second kappa shape index (κ2) is 70.3. The highest BCUT2D eigenvalue weighted by molar-refractivity contribution is 7.47. The Morgan fingerprint density at radius 3 is 0.953 bits per heavy atom. The van der Waals surface area contributed by atoms with Crippen molar-refractivity contribution < 1.29 is 37.6 Å². The number of ether oxygens (including phenoxy) is 2. The molecule has 9 nitrogen and oxygen atoms in total. The average molecular weight is 1210 g/mol. The quantitative estimate of drug-likeness (QED) is 0.0264. The maximum Gasteiger partial charge on any atom is 0.472 e. The smallest absolute Gasteiger partial charge is 0.462 e. The van der Waals surface area contributed by atoms with Gasteiger partial charge in [0, 0.05) is 19.4 Å². The molecule has 0 aromatic rings. The van der Waals surface area contributed by atoms with Gasteiger partial charge in [-0.1, -0.05) is 356 Å². The van der Waals surface area contributed by atoms with Crippen molar-refractivity contribution in [1.29, 1.82) is 0 Å². The summed E-state index contributed by atoms with van der Waals surface area (Å²) >= 11 is 0. The Hall–Kier alpha value is -2.81. The molecule has 0 heterocycles. The van der Waals surface area contributed by atoms with Gasteiger partial charge < -0.3 is 20.1 Å². The highest BCUT2D eigenvalue weighted by Gasteiger charge is 2.26. The van der Waals surface area contributed by atoms with Crippen LogP contribution < -0.4 is 5.73 Å². The number of allylic oxidation sites excluding steroid dienone is 14. The van der Waals surface area contributed by atoms with E-state index in [1.165, 1.54) is 244 Å². The lowest BCUT2D eigenvalue weighted by Gasteiger charge is -2.19. The number of nitrogens with two attached hydrogens (primary N) is 1. The number of rotatable bonds is 68. The van der Waals surface area contributed by atoms with Gasteiger partial charge in [-0.2, -0.15) is 0 Å². The van der Waals surface area contributed by atoms with Crippen LogP contribution in [0.15, 0.2) is 85.1 Å². The van der Waals surface area contributed by atoms with Gasteiger partial charge in [0.1, 0.15) is 6.61 Å². The lowest BCUT2D eigenvalue weighted by molar-refractivity contribution is -0.161. The van der Waals surface area contributed by atoms with Gasteiger partial charge in [-0.15, -0.1) is 0 Å². The fourth-order valence-electron chi connectivity index (χ4n) is 10.5. The SMILES string of the molecule is CC/C=C\C/C=C\C/C=C\C/C=C\C/C=C\C/C=C\C/C=C\CCCC(=O)OC(COC(=O)CCCCCCCCCCCCCCCCCCCCCCCCCCCCCCCCCCCCCCCCCCC)COP(=O)(O)OCCN. The molecule has 0 amide bonds. The molecule has 3 N–H and O–H groups in total. The minimum absolute atomic E-state index is 0.0413. The highest BCUT2D eigenvalue weighted by atomic mass is 31.2. The second-order valence-electron chi connectivity index (χ2n) is 24.1. The summed E-state index contributed by atoms with van der Waals surface area (Å²) in [7, 11) is -4.41. The summed E-state index contributed by atoms with van der Waals surface area (Å²) < 4.78 is 33.1. The first kappa shape index (κ1) is 82.2. The maximum absolute atomic E-state index is 12.7. The third-order valence-corrected chi connectivity index (χ3v) is 16.8. The van der Waals surface area contributed by atoms with Crippen molar-refractivity contribution in [2.75, 3.05) is 26.4 Å². The van der Waals surface area contributed by atoms with E-state index in [-0.39, 0.29) is 32.6 Å². The zero-order valence-corrected chi connectivity index (χ0v) is 56.5. The molecule has 0 fully saturated rings. The molecule has 2 atom stereocenters. The predicted octanol–water partition coefficient (Wildman–Crippen LogP) is 23.8. The molecule has 0 spiro atoms. The van der Waals surface area contributed by atoms with Gasteiger partial charge in [-0.3, -0.25) is 18.6 Å². The topological polar surface area (TPSA) is 134 Å². The van der Waals surface area contributed by atoms with Crippen molar-refractivity contribution in [2.24, 2.45) is 5.73 Å². The van der Waals surface area contributed by atoms with Crippen LogP contribution in [0.1, 0.15) is 348 Å². The van der Waals surface area contributed by atoms with E-state index < -0.39 is 32.5 Å². The summed E-state index contributed by atoms with van der Waals surface area (Å²) in [5.41, 5.74) is 5.39. The van der Waals surface area contributed by atoms with Crippen molar-refractivity contribution in [1.82, 2.24) is 0 Å². The largest absolute Gasteiger partial charge is 0.472 e. The fraction of sp³-hybridized carbons (Fsp3) is 0.787. The number of phosphoric acid groups is 1. The predicted molar refractivity (Wildman–Crippen MR) is 367 cm³/mol. The molecule has 10 heteroatoms. The Balaban J connectivity index is 3.81. The summed E-state index contributed by atoms with van der Waals surface area (Å²) in [5.74, 6) is -0.890. The second-order valence-corrected chi connectivity index (χ2v) is 25.5. The number of unbranched alkanes of at least 4 members (excludes halogenated alkanes) is 41. The summed E-state index contributed by atoms with van der Waals surface area (Å²) in [6.07, 6.45) is 94.4. The van der Waals surface area contributed by atoms with E-state index in [1.54, 1.807) is 0 Å². The highest BCUT2D eigenvalue weighted by Crippen LogP contribution is 2.43. The zero-order valence-electron chi connectivity index (χ0n) is 55.6. The first-order chi connectivity index (χ1) is 41.8. The van der Waals surface area contributed by atoms with Crippen LogP contribution >= 0.6 is 7.82 Å². The van der Waals surface area contributed by atoms with Gasteiger partial charge in [-0.25, -0.2) is 4.57 Å². The van der Waals surface area contributed by atoms with Crippen LogP contribution in [0.4, 0.5) is 0 Å². The van der Waals surface area contributed by atoms with Crippen LogP contribution in [0.2, 0.25) is 0 Å². The Morgan fingerprint density at radius 1 is 0.365 bits per heavy atom. The van der Waals surface area contributed by atoms with E-state index in [0.717, 1.165) is 64.2 Å². The molecule has 0 bridgehead atoms. The summed E-state index contributed by atoms with van der Waals surface area (Å²) in [6.45, 7) is 3.60. The minimum Gasteiger partial charge on any atom is -0.462 e. The van der Waals surface area contributed by atoms with Gasteiger partial charge in [0.15, 0.2) is 6.10 Å². The van der Waals surface area contributed by atoms with Crippen LogP contribution in [0.5, 0.6) is 0 Å². The van der Waals surface area contributed by atoms with E-state index >= 15 is 0 Å². The lowest BCUT2D eigenvalue weighted by Crippen LogP contribution is -2.29. The Morgan fingerprint density at radius 2 is 0.647 bits per heavy atom. The van der Waals surface area contributed by atoms with Crippen molar-refractivity contribution >= 4 is 19.8 Å². The third kappa shape index (κ3) is 70.2. The zero-order chi connectivity index (χ0) is 61.6. The molecule has 0 aliphatic carbocycles. The normalized spacial score (nSPS) is 13.4. The van der Waals surface area contributed by atoms with Crippen LogP contribution in [-0.2, 0) is 32.7 Å².